The van der Waals surface area contributed by atoms with Crippen molar-refractivity contribution >= 4 is 29.4 Å². The van der Waals surface area contributed by atoms with Gasteiger partial charge in [-0.25, -0.2) is 0 Å². The average molecular weight is 751 g/mol. The summed E-state index contributed by atoms with van der Waals surface area (Å²) < 4.78 is 16.7. The van der Waals surface area contributed by atoms with Crippen molar-refractivity contribution < 1.29 is 28.9 Å². The van der Waals surface area contributed by atoms with Gasteiger partial charge in [0.1, 0.15) is 23.7 Å². The van der Waals surface area contributed by atoms with Crippen molar-refractivity contribution in [3.8, 4) is 11.5 Å². The lowest BCUT2D eigenvalue weighted by atomic mass is 10.1. The van der Waals surface area contributed by atoms with Crippen LogP contribution in [0.5, 0.6) is 11.5 Å². The Morgan fingerprint density at radius 3 is 1.64 bits per heavy atom. The van der Waals surface area contributed by atoms with Crippen LogP contribution in [0.15, 0.2) is 115 Å². The molecule has 2 atom stereocenters. The number of carbonyl (C=O) groups is 2. The summed E-state index contributed by atoms with van der Waals surface area (Å²) in [5, 5.41) is 8.67. The lowest BCUT2D eigenvalue weighted by Crippen LogP contribution is -2.24. The molecule has 0 unspecified atom stereocenters. The molecule has 2 saturated heterocycles. The Hall–Kier alpha value is -5.24. The number of rotatable bonds is 15. The van der Waals surface area contributed by atoms with E-state index in [1.807, 2.05) is 101 Å². The number of benzene rings is 4. The van der Waals surface area contributed by atoms with Gasteiger partial charge in [-0.15, -0.1) is 0 Å². The molecule has 2 fully saturated rings. The fourth-order valence-electron chi connectivity index (χ4n) is 6.30. The minimum Gasteiger partial charge on any atom is -0.489 e. The van der Waals surface area contributed by atoms with Crippen molar-refractivity contribution in [1.29, 1.82) is 0 Å². The Morgan fingerprint density at radius 1 is 0.673 bits per heavy atom. The molecule has 0 radical (unpaired) electrons. The number of anilines is 2. The zero-order valence-electron chi connectivity index (χ0n) is 33.6. The maximum absolute atomic E-state index is 11.1. The number of carbonyl (C=O) groups excluding carboxylic acids is 1. The molecule has 0 aliphatic carbocycles. The number of aliphatic carboxylic acids is 1. The summed E-state index contributed by atoms with van der Waals surface area (Å²) in [5.41, 5.74) is 4.85. The summed E-state index contributed by atoms with van der Waals surface area (Å²) >= 11 is 0. The number of hydrogen-bond acceptors (Lipinski definition) is 7. The minimum absolute atomic E-state index is 0.175. The van der Waals surface area contributed by atoms with Gasteiger partial charge in [-0.05, 0) is 85.3 Å². The van der Waals surface area contributed by atoms with Crippen LogP contribution in [0.1, 0.15) is 83.8 Å². The van der Waals surface area contributed by atoms with E-state index >= 15 is 0 Å². The number of nitrogens with zero attached hydrogens (tertiary/aromatic N) is 2. The van der Waals surface area contributed by atoms with Gasteiger partial charge in [-0.1, -0.05) is 101 Å². The summed E-state index contributed by atoms with van der Waals surface area (Å²) in [6.07, 6.45) is 10.5. The number of carboxylic acids is 1. The van der Waals surface area contributed by atoms with Crippen LogP contribution in [-0.2, 0) is 20.7 Å². The molecule has 8 nitrogen and oxygen atoms in total. The number of ether oxygens (including phenoxy) is 3. The fourth-order valence-corrected chi connectivity index (χ4v) is 6.30. The van der Waals surface area contributed by atoms with E-state index in [9.17, 15) is 9.59 Å². The largest absolute Gasteiger partial charge is 0.489 e. The molecule has 2 aliphatic heterocycles. The standard InChI is InChI=1S/C22H25NO3.C21H25NO3.2C2H6/c1-25-22(24)10-6-5-7-18-11-13-19(14-12-18)23-16-15-21(17-23)26-20-8-3-2-4-9-20;23-21(24)9-5-4-6-17-10-12-18(13-11-17)22-15-14-20(16-22)25-19-7-2-1-3-8-19;2*1-2/h2-5,7-9,11-14,21H,6,10,15-17H2,1H3;1-3,7-8,10-13,20H,4-6,9,14-16H2,(H,23,24);2*1-2H3/b7-5+;;;/t21-;20-;;/m00../s1. The molecule has 2 heterocycles. The van der Waals surface area contributed by atoms with Crippen molar-refractivity contribution in [2.75, 3.05) is 43.1 Å². The number of methoxy groups -OCH3 is 1. The molecule has 0 amide bonds. The molecule has 8 heteroatoms. The average Bonchev–Trinajstić information content (AvgIpc) is 3.91. The predicted octanol–water partition coefficient (Wildman–Crippen LogP) is 10.5. The Bertz CT molecular complexity index is 1640. The first-order chi connectivity index (χ1) is 26.9. The third-order valence-corrected chi connectivity index (χ3v) is 9.10. The van der Waals surface area contributed by atoms with Gasteiger partial charge in [0, 0.05) is 50.1 Å². The van der Waals surface area contributed by atoms with Gasteiger partial charge < -0.3 is 29.1 Å². The van der Waals surface area contributed by atoms with E-state index in [0.29, 0.717) is 12.8 Å². The Labute approximate surface area is 329 Å². The highest BCUT2D eigenvalue weighted by Gasteiger charge is 2.25. The van der Waals surface area contributed by atoms with E-state index in [4.69, 9.17) is 14.6 Å². The first-order valence-corrected chi connectivity index (χ1v) is 20.0. The molecule has 0 spiro atoms. The number of hydrogen-bond donors (Lipinski definition) is 1. The van der Waals surface area contributed by atoms with Crippen LogP contribution in [0, 0.1) is 0 Å². The maximum atomic E-state index is 11.1. The molecule has 6 rings (SSSR count). The van der Waals surface area contributed by atoms with E-state index in [-0.39, 0.29) is 24.6 Å². The Kier molecular flexibility index (Phi) is 20.7. The first-order valence-electron chi connectivity index (χ1n) is 20.0. The van der Waals surface area contributed by atoms with Crippen LogP contribution in [0.25, 0.3) is 6.08 Å². The van der Waals surface area contributed by atoms with Gasteiger partial charge in [0.25, 0.3) is 0 Å². The molecular weight excluding hydrogens is 689 g/mol. The van der Waals surface area contributed by atoms with Crippen molar-refractivity contribution in [3.05, 3.63) is 126 Å². The number of unbranched alkanes of at least 4 members (excludes halogenated alkanes) is 1. The maximum Gasteiger partial charge on any atom is 0.305 e. The molecule has 55 heavy (non-hydrogen) atoms. The molecule has 0 aromatic heterocycles. The van der Waals surface area contributed by atoms with Gasteiger partial charge in [0.05, 0.1) is 20.2 Å². The Balaban J connectivity index is 0.000000271. The van der Waals surface area contributed by atoms with Gasteiger partial charge in [0.2, 0.25) is 0 Å². The van der Waals surface area contributed by atoms with Crippen molar-refractivity contribution in [3.63, 3.8) is 0 Å². The van der Waals surface area contributed by atoms with E-state index in [0.717, 1.165) is 75.3 Å². The second kappa shape index (κ2) is 25.7. The molecule has 4 aromatic carbocycles. The molecule has 296 valence electrons. The smallest absolute Gasteiger partial charge is 0.305 e. The molecule has 0 bridgehead atoms. The topological polar surface area (TPSA) is 88.5 Å². The lowest BCUT2D eigenvalue weighted by molar-refractivity contribution is -0.140. The second-order valence-corrected chi connectivity index (χ2v) is 13.0. The first kappa shape index (κ1) is 44.2. The second-order valence-electron chi connectivity index (χ2n) is 13.0. The van der Waals surface area contributed by atoms with Crippen molar-refractivity contribution in [2.24, 2.45) is 0 Å². The molecule has 4 aromatic rings. The fraction of sp³-hybridized carbons (Fsp3) is 0.404. The third kappa shape index (κ3) is 16.3. The van der Waals surface area contributed by atoms with Gasteiger partial charge in [-0.2, -0.15) is 0 Å². The van der Waals surface area contributed by atoms with Crippen LogP contribution in [0.2, 0.25) is 0 Å². The minimum atomic E-state index is -0.711. The summed E-state index contributed by atoms with van der Waals surface area (Å²) in [6, 6.07) is 37.1. The zero-order valence-corrected chi connectivity index (χ0v) is 33.6. The summed E-state index contributed by atoms with van der Waals surface area (Å²) in [6.45, 7) is 11.8. The Morgan fingerprint density at radius 2 is 1.16 bits per heavy atom. The van der Waals surface area contributed by atoms with E-state index in [1.54, 1.807) is 0 Å². The molecule has 1 N–H and O–H groups in total. The van der Waals surface area contributed by atoms with Crippen molar-refractivity contribution in [2.45, 2.75) is 91.3 Å². The monoisotopic (exact) mass is 750 g/mol. The molecule has 0 saturated carbocycles. The van der Waals surface area contributed by atoms with Gasteiger partial charge in [0.15, 0.2) is 0 Å². The van der Waals surface area contributed by atoms with Gasteiger partial charge >= 0.3 is 11.9 Å². The highest BCUT2D eigenvalue weighted by molar-refractivity contribution is 5.69. The van der Waals surface area contributed by atoms with Gasteiger partial charge in [-0.3, -0.25) is 9.59 Å². The van der Waals surface area contributed by atoms with Crippen LogP contribution >= 0.6 is 0 Å². The highest BCUT2D eigenvalue weighted by Crippen LogP contribution is 2.26. The predicted molar refractivity (Wildman–Crippen MR) is 226 cm³/mol. The van der Waals surface area contributed by atoms with E-state index in [1.165, 1.54) is 24.0 Å². The molecule has 2 aliphatic rings. The van der Waals surface area contributed by atoms with E-state index < -0.39 is 5.97 Å². The quantitative estimate of drug-likeness (QED) is 0.0949. The number of aryl methyl sites for hydroxylation is 1. The number of carboxylic acid groups (broad SMARTS) is 1. The molecular formula is C47H62N2O6. The van der Waals surface area contributed by atoms with Crippen LogP contribution < -0.4 is 19.3 Å². The highest BCUT2D eigenvalue weighted by atomic mass is 16.5. The SMILES string of the molecule is CC.CC.COC(=O)CC/C=C/c1ccc(N2CC[C@H](Oc3ccccc3)C2)cc1.O=C(O)CCCCc1ccc(N2CC[C@H](Oc3ccccc3)C2)cc1. The van der Waals surface area contributed by atoms with Crippen LogP contribution in [0.3, 0.4) is 0 Å². The van der Waals surface area contributed by atoms with Crippen LogP contribution in [-0.4, -0.2) is 62.5 Å². The number of esters is 1. The summed E-state index contributed by atoms with van der Waals surface area (Å²) in [4.78, 5) is 26.3. The van der Waals surface area contributed by atoms with Crippen LogP contribution in [0.4, 0.5) is 11.4 Å². The summed E-state index contributed by atoms with van der Waals surface area (Å²) in [7, 11) is 1.42. The lowest BCUT2D eigenvalue weighted by Gasteiger charge is -2.19. The third-order valence-electron chi connectivity index (χ3n) is 9.10. The number of allylic oxidation sites excluding steroid dienone is 1. The van der Waals surface area contributed by atoms with Crippen molar-refractivity contribution in [1.82, 2.24) is 0 Å². The number of para-hydroxylation sites is 2. The van der Waals surface area contributed by atoms with E-state index in [2.05, 4.69) is 63.1 Å². The summed E-state index contributed by atoms with van der Waals surface area (Å²) in [5.74, 6) is 0.987. The normalized spacial score (nSPS) is 15.8. The zero-order chi connectivity index (χ0) is 39.7.